The molecule has 0 aromatic carbocycles. The second kappa shape index (κ2) is 7.56. The van der Waals surface area contributed by atoms with Crippen LogP contribution in [0.2, 0.25) is 0 Å². The fourth-order valence-corrected chi connectivity index (χ4v) is 3.64. The molecule has 3 nitrogen and oxygen atoms in total. The number of fused-ring (bicyclic) bond motifs is 1. The maximum Gasteiger partial charge on any atom is 0.411 e. The van der Waals surface area contributed by atoms with E-state index < -0.39 is 12.8 Å². The van der Waals surface area contributed by atoms with Crippen LogP contribution < -0.4 is 5.32 Å². The largest absolute Gasteiger partial charge is 0.411 e. The van der Waals surface area contributed by atoms with Gasteiger partial charge >= 0.3 is 6.18 Å². The van der Waals surface area contributed by atoms with Gasteiger partial charge in [0.25, 0.3) is 0 Å². The van der Waals surface area contributed by atoms with E-state index in [0.717, 1.165) is 42.9 Å². The SMILES string of the molecule is CCCNC1CCCc2nc(CCOCC(F)(F)F)sc21. The molecule has 0 radical (unpaired) electrons. The third-order valence-electron chi connectivity index (χ3n) is 3.36. The highest BCUT2D eigenvalue weighted by Crippen LogP contribution is 2.34. The first-order valence-electron chi connectivity index (χ1n) is 7.36. The van der Waals surface area contributed by atoms with Crippen LogP contribution in [0.4, 0.5) is 13.2 Å². The standard InChI is InChI=1S/C14H21F3N2OS/c1-2-7-18-10-4-3-5-11-13(10)21-12(19-11)6-8-20-9-14(15,16)17/h10,18H,2-9H2,1H3. The second-order valence-corrected chi connectivity index (χ2v) is 6.35. The Kier molecular flexibility index (Phi) is 6.01. The summed E-state index contributed by atoms with van der Waals surface area (Å²) in [7, 11) is 0. The predicted molar refractivity (Wildman–Crippen MR) is 76.7 cm³/mol. The number of ether oxygens (including phenoxy) is 1. The van der Waals surface area contributed by atoms with E-state index in [4.69, 9.17) is 0 Å². The fourth-order valence-electron chi connectivity index (χ4n) is 2.44. The molecule has 1 unspecified atom stereocenters. The molecular weight excluding hydrogens is 301 g/mol. The Bertz CT molecular complexity index is 448. The minimum Gasteiger partial charge on any atom is -0.372 e. The highest BCUT2D eigenvalue weighted by Gasteiger charge is 2.27. The average molecular weight is 322 g/mol. The second-order valence-electron chi connectivity index (χ2n) is 5.24. The molecule has 1 heterocycles. The van der Waals surface area contributed by atoms with Gasteiger partial charge in [0.1, 0.15) is 6.61 Å². The van der Waals surface area contributed by atoms with Crippen molar-refractivity contribution in [3.8, 4) is 0 Å². The number of aryl methyl sites for hydroxylation is 1. The molecule has 0 saturated heterocycles. The Morgan fingerprint density at radius 2 is 2.24 bits per heavy atom. The molecule has 1 aliphatic rings. The first-order valence-corrected chi connectivity index (χ1v) is 8.17. The summed E-state index contributed by atoms with van der Waals surface area (Å²) < 4.78 is 40.6. The van der Waals surface area contributed by atoms with E-state index in [1.54, 1.807) is 11.3 Å². The molecule has 21 heavy (non-hydrogen) atoms. The van der Waals surface area contributed by atoms with Gasteiger partial charge in [-0.1, -0.05) is 6.92 Å². The Hall–Kier alpha value is -0.660. The summed E-state index contributed by atoms with van der Waals surface area (Å²) in [6.07, 6.45) is 0.481. The summed E-state index contributed by atoms with van der Waals surface area (Å²) in [5, 5.41) is 4.40. The van der Waals surface area contributed by atoms with Crippen molar-refractivity contribution >= 4 is 11.3 Å². The van der Waals surface area contributed by atoms with Crippen LogP contribution in [0.25, 0.3) is 0 Å². The molecule has 0 bridgehead atoms. The van der Waals surface area contributed by atoms with Crippen LogP contribution in [0.1, 0.15) is 47.8 Å². The lowest BCUT2D eigenvalue weighted by molar-refractivity contribution is -0.173. The summed E-state index contributed by atoms with van der Waals surface area (Å²) in [4.78, 5) is 5.82. The third-order valence-corrected chi connectivity index (χ3v) is 4.63. The Morgan fingerprint density at radius 1 is 1.43 bits per heavy atom. The van der Waals surface area contributed by atoms with Crippen molar-refractivity contribution in [2.45, 2.75) is 51.2 Å². The van der Waals surface area contributed by atoms with E-state index >= 15 is 0 Å². The van der Waals surface area contributed by atoms with Gasteiger partial charge in [-0.05, 0) is 32.2 Å². The lowest BCUT2D eigenvalue weighted by Gasteiger charge is -2.22. The van der Waals surface area contributed by atoms with Crippen molar-refractivity contribution in [3.63, 3.8) is 0 Å². The Morgan fingerprint density at radius 3 is 2.95 bits per heavy atom. The maximum atomic E-state index is 12.0. The third kappa shape index (κ3) is 5.23. The summed E-state index contributed by atoms with van der Waals surface area (Å²) in [6.45, 7) is 2.00. The zero-order chi connectivity index (χ0) is 15.3. The molecule has 0 amide bonds. The molecule has 0 fully saturated rings. The van der Waals surface area contributed by atoms with Gasteiger partial charge in [-0.25, -0.2) is 4.98 Å². The van der Waals surface area contributed by atoms with Crippen molar-refractivity contribution in [3.05, 3.63) is 15.6 Å². The molecular formula is C14H21F3N2OS. The predicted octanol–water partition coefficient (Wildman–Crippen LogP) is 3.64. The normalized spacial score (nSPS) is 18.8. The van der Waals surface area contributed by atoms with Gasteiger partial charge in [0, 0.05) is 17.3 Å². The van der Waals surface area contributed by atoms with Crippen LogP contribution in [0.5, 0.6) is 0 Å². The molecule has 120 valence electrons. The van der Waals surface area contributed by atoms with Crippen LogP contribution >= 0.6 is 11.3 Å². The van der Waals surface area contributed by atoms with Gasteiger partial charge in [-0.2, -0.15) is 13.2 Å². The molecule has 7 heteroatoms. The van der Waals surface area contributed by atoms with Gasteiger partial charge in [0.2, 0.25) is 0 Å². The number of alkyl halides is 3. The summed E-state index contributed by atoms with van der Waals surface area (Å²) in [5.74, 6) is 0. The number of hydrogen-bond acceptors (Lipinski definition) is 4. The molecule has 1 aliphatic carbocycles. The molecule has 1 aromatic heterocycles. The van der Waals surface area contributed by atoms with Crippen LogP contribution in [0.15, 0.2) is 0 Å². The first kappa shape index (κ1) is 16.7. The topological polar surface area (TPSA) is 34.2 Å². The van der Waals surface area contributed by atoms with Crippen LogP contribution in [-0.2, 0) is 17.6 Å². The van der Waals surface area contributed by atoms with Gasteiger partial charge in [-0.15, -0.1) is 11.3 Å². The molecule has 1 N–H and O–H groups in total. The summed E-state index contributed by atoms with van der Waals surface area (Å²) in [6, 6.07) is 0.357. The number of nitrogens with one attached hydrogen (secondary N) is 1. The van der Waals surface area contributed by atoms with Crippen molar-refractivity contribution in [1.29, 1.82) is 0 Å². The van der Waals surface area contributed by atoms with E-state index in [0.29, 0.717) is 12.5 Å². The minimum absolute atomic E-state index is 0.0684. The van der Waals surface area contributed by atoms with Gasteiger partial charge in [-0.3, -0.25) is 0 Å². The lowest BCUT2D eigenvalue weighted by Crippen LogP contribution is -2.24. The highest BCUT2D eigenvalue weighted by atomic mass is 32.1. The monoisotopic (exact) mass is 322 g/mol. The zero-order valence-electron chi connectivity index (χ0n) is 12.1. The minimum atomic E-state index is -4.25. The highest BCUT2D eigenvalue weighted by molar-refractivity contribution is 7.11. The molecule has 0 spiro atoms. The van der Waals surface area contributed by atoms with Crippen molar-refractivity contribution in [2.75, 3.05) is 19.8 Å². The van der Waals surface area contributed by atoms with Crippen LogP contribution in [-0.4, -0.2) is 30.9 Å². The molecule has 1 aromatic rings. The van der Waals surface area contributed by atoms with E-state index in [-0.39, 0.29) is 6.61 Å². The van der Waals surface area contributed by atoms with Crippen LogP contribution in [0.3, 0.4) is 0 Å². The van der Waals surface area contributed by atoms with Gasteiger partial charge in [0.15, 0.2) is 0 Å². The average Bonchev–Trinajstić information content (AvgIpc) is 2.83. The summed E-state index contributed by atoms with van der Waals surface area (Å²) >= 11 is 1.62. The van der Waals surface area contributed by atoms with Gasteiger partial charge in [0.05, 0.1) is 17.3 Å². The van der Waals surface area contributed by atoms with Crippen LogP contribution in [0, 0.1) is 0 Å². The van der Waals surface area contributed by atoms with E-state index in [2.05, 4.69) is 22.0 Å². The number of hydrogen-bond donors (Lipinski definition) is 1. The van der Waals surface area contributed by atoms with Gasteiger partial charge < -0.3 is 10.1 Å². The summed E-state index contributed by atoms with van der Waals surface area (Å²) in [5.41, 5.74) is 1.12. The fraction of sp³-hybridized carbons (Fsp3) is 0.786. The number of thiazole rings is 1. The van der Waals surface area contributed by atoms with E-state index in [1.807, 2.05) is 0 Å². The molecule has 0 saturated carbocycles. The Balaban J connectivity index is 1.87. The maximum absolute atomic E-state index is 12.0. The number of nitrogens with zero attached hydrogens (tertiary/aromatic N) is 1. The number of aromatic nitrogens is 1. The molecule has 0 aliphatic heterocycles. The van der Waals surface area contributed by atoms with Crippen molar-refractivity contribution in [1.82, 2.24) is 10.3 Å². The van der Waals surface area contributed by atoms with E-state index in [1.165, 1.54) is 4.88 Å². The number of halogens is 3. The van der Waals surface area contributed by atoms with Crippen molar-refractivity contribution in [2.24, 2.45) is 0 Å². The Labute approximate surface area is 126 Å². The quantitative estimate of drug-likeness (QED) is 0.778. The smallest absolute Gasteiger partial charge is 0.372 e. The first-order chi connectivity index (χ1) is 9.99. The lowest BCUT2D eigenvalue weighted by atomic mass is 9.98. The molecule has 1 atom stereocenters. The van der Waals surface area contributed by atoms with E-state index in [9.17, 15) is 13.2 Å². The number of rotatable bonds is 7. The zero-order valence-corrected chi connectivity index (χ0v) is 12.9. The van der Waals surface area contributed by atoms with Crippen molar-refractivity contribution < 1.29 is 17.9 Å². The molecule has 2 rings (SSSR count).